The van der Waals surface area contributed by atoms with Gasteiger partial charge in [-0.15, -0.1) is 0 Å². The molecule has 0 amide bonds. The summed E-state index contributed by atoms with van der Waals surface area (Å²) in [6, 6.07) is 5.90. The quantitative estimate of drug-likeness (QED) is 0.603. The van der Waals surface area contributed by atoms with Crippen molar-refractivity contribution in [3.8, 4) is 0 Å². The number of rotatable bonds is 0. The van der Waals surface area contributed by atoms with Gasteiger partial charge in [0.15, 0.2) is 0 Å². The highest BCUT2D eigenvalue weighted by molar-refractivity contribution is 5.91. The summed E-state index contributed by atoms with van der Waals surface area (Å²) >= 11 is 0. The molecular formula is C10H11NO. The molecule has 0 aliphatic carbocycles. The van der Waals surface area contributed by atoms with Crippen molar-refractivity contribution in [1.29, 1.82) is 0 Å². The van der Waals surface area contributed by atoms with Gasteiger partial charge in [-0.1, -0.05) is 6.07 Å². The first-order chi connectivity index (χ1) is 5.68. The van der Waals surface area contributed by atoms with Crippen LogP contribution in [0.3, 0.4) is 0 Å². The first kappa shape index (κ1) is 7.22. The normalized spacial score (nSPS) is 10.8. The van der Waals surface area contributed by atoms with Gasteiger partial charge in [0, 0.05) is 11.1 Å². The van der Waals surface area contributed by atoms with E-state index >= 15 is 0 Å². The third kappa shape index (κ3) is 0.881. The lowest BCUT2D eigenvalue weighted by Gasteiger charge is -1.98. The molecule has 2 N–H and O–H groups in total. The van der Waals surface area contributed by atoms with Crippen LogP contribution in [0.2, 0.25) is 0 Å². The van der Waals surface area contributed by atoms with Crippen LogP contribution in [0.25, 0.3) is 11.0 Å². The van der Waals surface area contributed by atoms with Gasteiger partial charge < -0.3 is 10.2 Å². The smallest absolute Gasteiger partial charge is 0.136 e. The molecule has 2 nitrogen and oxygen atoms in total. The summed E-state index contributed by atoms with van der Waals surface area (Å²) in [5, 5.41) is 1.02. The Balaban J connectivity index is 2.89. The summed E-state index contributed by atoms with van der Waals surface area (Å²) in [4.78, 5) is 0. The summed E-state index contributed by atoms with van der Waals surface area (Å²) in [6.45, 7) is 3.92. The van der Waals surface area contributed by atoms with Crippen molar-refractivity contribution in [1.82, 2.24) is 0 Å². The van der Waals surface area contributed by atoms with Crippen LogP contribution in [0.4, 0.5) is 5.69 Å². The number of aryl methyl sites for hydroxylation is 2. The zero-order chi connectivity index (χ0) is 8.72. The van der Waals surface area contributed by atoms with Crippen molar-refractivity contribution >= 4 is 16.7 Å². The molecule has 0 saturated carbocycles. The number of nitrogen functional groups attached to an aromatic ring is 1. The first-order valence-corrected chi connectivity index (χ1v) is 3.93. The molecule has 1 aromatic carbocycles. The molecule has 0 radical (unpaired) electrons. The van der Waals surface area contributed by atoms with Gasteiger partial charge in [-0.3, -0.25) is 0 Å². The van der Waals surface area contributed by atoms with E-state index in [0.29, 0.717) is 0 Å². The third-order valence-corrected chi connectivity index (χ3v) is 2.08. The van der Waals surface area contributed by atoms with Gasteiger partial charge in [0.1, 0.15) is 11.3 Å². The summed E-state index contributed by atoms with van der Waals surface area (Å²) in [5.74, 6) is 0.905. The Hall–Kier alpha value is -1.44. The molecule has 2 heteroatoms. The highest BCUT2D eigenvalue weighted by atomic mass is 16.3. The van der Waals surface area contributed by atoms with E-state index < -0.39 is 0 Å². The lowest BCUT2D eigenvalue weighted by atomic mass is 10.1. The maximum atomic E-state index is 5.87. The van der Waals surface area contributed by atoms with E-state index in [4.69, 9.17) is 10.2 Å². The zero-order valence-corrected chi connectivity index (χ0v) is 7.22. The van der Waals surface area contributed by atoms with Gasteiger partial charge >= 0.3 is 0 Å². The number of furan rings is 1. The zero-order valence-electron chi connectivity index (χ0n) is 7.22. The standard InChI is InChI=1S/C10H11NO/c1-6-3-4-9-8(10(6)11)5-7(2)12-9/h3-5H,11H2,1-2H3. The third-order valence-electron chi connectivity index (χ3n) is 2.08. The molecule has 0 saturated heterocycles. The topological polar surface area (TPSA) is 39.2 Å². The fourth-order valence-electron chi connectivity index (χ4n) is 1.37. The Kier molecular flexibility index (Phi) is 1.37. The van der Waals surface area contributed by atoms with Gasteiger partial charge in [-0.05, 0) is 31.5 Å². The average molecular weight is 161 g/mol. The maximum absolute atomic E-state index is 5.87. The molecular weight excluding hydrogens is 150 g/mol. The van der Waals surface area contributed by atoms with Crippen LogP contribution in [0, 0.1) is 13.8 Å². The van der Waals surface area contributed by atoms with Gasteiger partial charge in [0.2, 0.25) is 0 Å². The largest absolute Gasteiger partial charge is 0.461 e. The molecule has 0 atom stereocenters. The van der Waals surface area contributed by atoms with E-state index in [1.807, 2.05) is 32.0 Å². The molecule has 1 heterocycles. The molecule has 0 fully saturated rings. The Morgan fingerprint density at radius 1 is 1.25 bits per heavy atom. The second kappa shape index (κ2) is 2.27. The number of hydrogen-bond donors (Lipinski definition) is 1. The molecule has 0 spiro atoms. The monoisotopic (exact) mass is 161 g/mol. The van der Waals surface area contributed by atoms with Crippen LogP contribution in [0.1, 0.15) is 11.3 Å². The predicted octanol–water partition coefficient (Wildman–Crippen LogP) is 2.63. The number of hydrogen-bond acceptors (Lipinski definition) is 2. The highest BCUT2D eigenvalue weighted by Gasteiger charge is 2.04. The molecule has 2 rings (SSSR count). The van der Waals surface area contributed by atoms with Crippen molar-refractivity contribution < 1.29 is 4.42 Å². The average Bonchev–Trinajstić information content (AvgIpc) is 2.39. The van der Waals surface area contributed by atoms with Crippen molar-refractivity contribution in [3.05, 3.63) is 29.5 Å². The van der Waals surface area contributed by atoms with E-state index in [1.54, 1.807) is 0 Å². The molecule has 0 unspecified atom stereocenters. The van der Waals surface area contributed by atoms with Crippen molar-refractivity contribution in [2.24, 2.45) is 0 Å². The Labute approximate surface area is 71.0 Å². The van der Waals surface area contributed by atoms with E-state index in [1.165, 1.54) is 0 Å². The number of fused-ring (bicyclic) bond motifs is 1. The summed E-state index contributed by atoms with van der Waals surface area (Å²) in [5.41, 5.74) is 8.67. The first-order valence-electron chi connectivity index (χ1n) is 3.93. The number of nitrogens with two attached hydrogens (primary N) is 1. The summed E-state index contributed by atoms with van der Waals surface area (Å²) in [7, 11) is 0. The van der Waals surface area contributed by atoms with Crippen molar-refractivity contribution in [3.63, 3.8) is 0 Å². The van der Waals surface area contributed by atoms with Crippen LogP contribution in [0.15, 0.2) is 22.6 Å². The minimum absolute atomic E-state index is 0.823. The van der Waals surface area contributed by atoms with Gasteiger partial charge in [0.05, 0.1) is 0 Å². The fourth-order valence-corrected chi connectivity index (χ4v) is 1.37. The molecule has 1 aromatic heterocycles. The van der Waals surface area contributed by atoms with Crippen LogP contribution < -0.4 is 5.73 Å². The Bertz CT molecular complexity index is 429. The maximum Gasteiger partial charge on any atom is 0.136 e. The van der Waals surface area contributed by atoms with Crippen LogP contribution >= 0.6 is 0 Å². The lowest BCUT2D eigenvalue weighted by molar-refractivity contribution is 0.578. The van der Waals surface area contributed by atoms with Crippen LogP contribution in [-0.2, 0) is 0 Å². The number of anilines is 1. The molecule has 0 bridgehead atoms. The second-order valence-corrected chi connectivity index (χ2v) is 3.06. The van der Waals surface area contributed by atoms with Gasteiger partial charge in [-0.25, -0.2) is 0 Å². The Morgan fingerprint density at radius 2 is 2.00 bits per heavy atom. The molecule has 12 heavy (non-hydrogen) atoms. The van der Waals surface area contributed by atoms with Crippen molar-refractivity contribution in [2.45, 2.75) is 13.8 Å². The molecule has 0 aliphatic rings. The Morgan fingerprint density at radius 3 is 2.75 bits per heavy atom. The van der Waals surface area contributed by atoms with E-state index in [-0.39, 0.29) is 0 Å². The van der Waals surface area contributed by atoms with Crippen LogP contribution in [0.5, 0.6) is 0 Å². The minimum Gasteiger partial charge on any atom is -0.461 e. The fraction of sp³-hybridized carbons (Fsp3) is 0.200. The molecule has 0 aliphatic heterocycles. The molecule has 62 valence electrons. The highest BCUT2D eigenvalue weighted by Crippen LogP contribution is 2.26. The SMILES string of the molecule is Cc1cc2c(N)c(C)ccc2o1. The van der Waals surface area contributed by atoms with E-state index in [2.05, 4.69) is 0 Å². The predicted molar refractivity (Wildman–Crippen MR) is 50.1 cm³/mol. The van der Waals surface area contributed by atoms with Gasteiger partial charge in [-0.2, -0.15) is 0 Å². The van der Waals surface area contributed by atoms with E-state index in [0.717, 1.165) is 28.0 Å². The second-order valence-electron chi connectivity index (χ2n) is 3.06. The van der Waals surface area contributed by atoms with Crippen molar-refractivity contribution in [2.75, 3.05) is 5.73 Å². The minimum atomic E-state index is 0.823. The summed E-state index contributed by atoms with van der Waals surface area (Å²) in [6.07, 6.45) is 0. The molecule has 2 aromatic rings. The van der Waals surface area contributed by atoms with E-state index in [9.17, 15) is 0 Å². The van der Waals surface area contributed by atoms with Crippen LogP contribution in [-0.4, -0.2) is 0 Å². The number of benzene rings is 1. The van der Waals surface area contributed by atoms with Gasteiger partial charge in [0.25, 0.3) is 0 Å². The summed E-state index contributed by atoms with van der Waals surface area (Å²) < 4.78 is 5.42. The lowest BCUT2D eigenvalue weighted by Crippen LogP contribution is -1.88.